The third kappa shape index (κ3) is 5.94. The van der Waals surface area contributed by atoms with E-state index in [9.17, 15) is 0 Å². The van der Waals surface area contributed by atoms with Crippen LogP contribution in [0, 0.1) is 0 Å². The summed E-state index contributed by atoms with van der Waals surface area (Å²) in [6.45, 7) is 20.6. The van der Waals surface area contributed by atoms with Crippen LogP contribution in [0.3, 0.4) is 0 Å². The summed E-state index contributed by atoms with van der Waals surface area (Å²) >= 11 is 0. The van der Waals surface area contributed by atoms with Crippen LogP contribution in [-0.2, 0) is 32.5 Å². The highest BCUT2D eigenvalue weighted by Gasteiger charge is 2.66. The van der Waals surface area contributed by atoms with E-state index < -0.39 is 28.2 Å². The van der Waals surface area contributed by atoms with Crippen LogP contribution >= 0.6 is 0 Å². The van der Waals surface area contributed by atoms with Gasteiger partial charge in [-0.1, -0.05) is 0 Å². The first-order valence-corrected chi connectivity index (χ1v) is 18.8. The van der Waals surface area contributed by atoms with Crippen molar-refractivity contribution in [2.45, 2.75) is 127 Å². The molecule has 0 aromatic carbocycles. The molecule has 4 atom stereocenters. The summed E-state index contributed by atoms with van der Waals surface area (Å²) in [4.78, 5) is 0. The van der Waals surface area contributed by atoms with Crippen molar-refractivity contribution in [1.82, 2.24) is 0 Å². The Morgan fingerprint density at radius 1 is 0.606 bits per heavy atom. The van der Waals surface area contributed by atoms with E-state index in [2.05, 4.69) is 40.0 Å². The first-order valence-electron chi connectivity index (χ1n) is 12.8. The molecular formula is C24H46O7Si2. The van der Waals surface area contributed by atoms with E-state index in [1.807, 2.05) is 13.8 Å². The summed E-state index contributed by atoms with van der Waals surface area (Å²) in [5.41, 5.74) is 0.299. The average Bonchev–Trinajstić information content (AvgIpc) is 3.41. The largest absolute Gasteiger partial charge is 0.452 e. The molecule has 0 aromatic heterocycles. The van der Waals surface area contributed by atoms with Gasteiger partial charge in [-0.3, -0.25) is 0 Å². The molecule has 2 unspecified atom stereocenters. The average molecular weight is 503 g/mol. The normalized spacial score (nSPS) is 37.5. The van der Waals surface area contributed by atoms with Crippen LogP contribution in [0.5, 0.6) is 0 Å². The van der Waals surface area contributed by atoms with Gasteiger partial charge in [0.25, 0.3) is 0 Å². The molecule has 4 heterocycles. The molecule has 0 bridgehead atoms. The van der Waals surface area contributed by atoms with E-state index in [0.29, 0.717) is 26.4 Å². The summed E-state index contributed by atoms with van der Waals surface area (Å²) in [6, 6.07) is 0. The van der Waals surface area contributed by atoms with Crippen molar-refractivity contribution < 1.29 is 32.5 Å². The zero-order valence-electron chi connectivity index (χ0n) is 22.1. The second-order valence-corrected chi connectivity index (χ2v) is 20.6. The third-order valence-electron chi connectivity index (χ3n) is 7.96. The molecule has 0 saturated carbocycles. The van der Waals surface area contributed by atoms with E-state index in [4.69, 9.17) is 32.5 Å². The van der Waals surface area contributed by atoms with Gasteiger partial charge in [0.05, 0.1) is 37.6 Å². The quantitative estimate of drug-likeness (QED) is 0.284. The van der Waals surface area contributed by atoms with Gasteiger partial charge in [0, 0.05) is 12.8 Å². The predicted octanol–water partition coefficient (Wildman–Crippen LogP) is 4.67. The van der Waals surface area contributed by atoms with Gasteiger partial charge in [0.15, 0.2) is 11.6 Å². The van der Waals surface area contributed by atoms with Crippen molar-refractivity contribution in [3.05, 3.63) is 0 Å². The Hall–Kier alpha value is 0.154. The fraction of sp³-hybridized carbons (Fsp3) is 1.00. The van der Waals surface area contributed by atoms with Gasteiger partial charge in [-0.25, -0.2) is 0 Å². The Labute approximate surface area is 202 Å². The molecule has 0 radical (unpaired) electrons. The Kier molecular flexibility index (Phi) is 7.09. The molecule has 0 amide bonds. The molecule has 4 saturated heterocycles. The summed E-state index contributed by atoms with van der Waals surface area (Å²) in [5.74, 6) is -0.833. The molecule has 0 aliphatic carbocycles. The molecule has 7 nitrogen and oxygen atoms in total. The Morgan fingerprint density at radius 2 is 0.939 bits per heavy atom. The fourth-order valence-corrected chi connectivity index (χ4v) is 16.9. The Bertz CT molecular complexity index is 647. The number of ether oxygens (including phenoxy) is 6. The molecule has 0 spiro atoms. The molecule has 0 N–H and O–H groups in total. The zero-order valence-corrected chi connectivity index (χ0v) is 24.1. The number of rotatable bonds is 12. The number of hydrogen-bond donors (Lipinski definition) is 0. The predicted molar refractivity (Wildman–Crippen MR) is 131 cm³/mol. The maximum atomic E-state index is 6.99. The number of hydrogen-bond acceptors (Lipinski definition) is 7. The van der Waals surface area contributed by atoms with E-state index >= 15 is 0 Å². The molecule has 4 aliphatic rings. The van der Waals surface area contributed by atoms with Gasteiger partial charge in [0.1, 0.15) is 11.5 Å². The highest BCUT2D eigenvalue weighted by atomic mass is 28.4. The molecule has 192 valence electrons. The lowest BCUT2D eigenvalue weighted by molar-refractivity contribution is -0.148. The van der Waals surface area contributed by atoms with Gasteiger partial charge in [-0.05, 0) is 79.6 Å². The fourth-order valence-electron chi connectivity index (χ4n) is 6.31. The van der Waals surface area contributed by atoms with Crippen molar-refractivity contribution in [1.29, 1.82) is 0 Å². The molecular weight excluding hydrogens is 456 g/mol. The van der Waals surface area contributed by atoms with Crippen LogP contribution in [0.2, 0.25) is 26.2 Å². The van der Waals surface area contributed by atoms with Crippen molar-refractivity contribution in [3.63, 3.8) is 0 Å². The van der Waals surface area contributed by atoms with Crippen LogP contribution in [-0.4, -0.2) is 77.3 Å². The molecule has 4 aliphatic heterocycles. The van der Waals surface area contributed by atoms with Crippen molar-refractivity contribution in [2.24, 2.45) is 0 Å². The second-order valence-electron chi connectivity index (χ2n) is 12.3. The van der Waals surface area contributed by atoms with Crippen molar-refractivity contribution in [2.75, 3.05) is 26.4 Å². The van der Waals surface area contributed by atoms with Crippen molar-refractivity contribution >= 4 is 16.6 Å². The standard InChI is InChI=1S/C24H46O7Si2/c1-21(11-9-13-23(3)25-15-16-26-23)19(29-21)32(5,6)31-33(7,8)20-22(2,30-20)12-10-14-24(4)27-17-18-28-24/h19-20H,9-18H2,1-8H3/t19?,20?,21-,22-/m0/s1. The topological polar surface area (TPSA) is 71.2 Å². The molecule has 9 heteroatoms. The maximum absolute atomic E-state index is 6.99. The van der Waals surface area contributed by atoms with Gasteiger partial charge < -0.3 is 32.5 Å². The van der Waals surface area contributed by atoms with E-state index in [1.165, 1.54) is 0 Å². The van der Waals surface area contributed by atoms with Gasteiger partial charge in [-0.2, -0.15) is 0 Å². The first-order chi connectivity index (χ1) is 15.2. The lowest BCUT2D eigenvalue weighted by Crippen LogP contribution is -2.54. The van der Waals surface area contributed by atoms with Gasteiger partial charge in [-0.15, -0.1) is 0 Å². The SMILES string of the molecule is CC1(CCC[C@]2(C)OC2[Si](C)(C)O[Si](C)(C)C2O[C@@]2(C)CCCC2(C)OCCO2)OCCO1. The lowest BCUT2D eigenvalue weighted by atomic mass is 10.0. The Balaban J connectivity index is 1.23. The summed E-state index contributed by atoms with van der Waals surface area (Å²) in [6.07, 6.45) is 5.91. The number of epoxide rings is 2. The molecule has 4 rings (SSSR count). The van der Waals surface area contributed by atoms with Crippen LogP contribution < -0.4 is 0 Å². The monoisotopic (exact) mass is 502 g/mol. The Morgan fingerprint density at radius 3 is 1.27 bits per heavy atom. The van der Waals surface area contributed by atoms with E-state index in [-0.39, 0.29) is 22.7 Å². The van der Waals surface area contributed by atoms with Gasteiger partial charge in [0.2, 0.25) is 16.6 Å². The third-order valence-corrected chi connectivity index (χ3v) is 16.2. The lowest BCUT2D eigenvalue weighted by Gasteiger charge is -2.33. The van der Waals surface area contributed by atoms with Crippen LogP contribution in [0.15, 0.2) is 0 Å². The highest BCUT2D eigenvalue weighted by Crippen LogP contribution is 2.51. The van der Waals surface area contributed by atoms with Gasteiger partial charge >= 0.3 is 0 Å². The summed E-state index contributed by atoms with van der Waals surface area (Å²) in [7, 11) is -4.07. The van der Waals surface area contributed by atoms with E-state index in [0.717, 1.165) is 38.5 Å². The van der Waals surface area contributed by atoms with E-state index in [1.54, 1.807) is 0 Å². The van der Waals surface area contributed by atoms with Crippen molar-refractivity contribution in [3.8, 4) is 0 Å². The molecule has 4 fully saturated rings. The smallest absolute Gasteiger partial charge is 0.206 e. The minimum Gasteiger partial charge on any atom is -0.452 e. The maximum Gasteiger partial charge on any atom is 0.206 e. The second kappa shape index (κ2) is 8.92. The highest BCUT2D eigenvalue weighted by molar-refractivity contribution is 6.87. The molecule has 0 aromatic rings. The van der Waals surface area contributed by atoms with Crippen LogP contribution in [0.4, 0.5) is 0 Å². The minimum atomic E-state index is -2.03. The summed E-state index contributed by atoms with van der Waals surface area (Å²) in [5, 5.41) is 0. The zero-order chi connectivity index (χ0) is 24.2. The first kappa shape index (κ1) is 26.2. The van der Waals surface area contributed by atoms with Crippen LogP contribution in [0.1, 0.15) is 66.2 Å². The van der Waals surface area contributed by atoms with Crippen LogP contribution in [0.25, 0.3) is 0 Å². The minimum absolute atomic E-state index is 0.0837. The molecule has 33 heavy (non-hydrogen) atoms. The summed E-state index contributed by atoms with van der Waals surface area (Å²) < 4.78 is 42.6.